The molecule has 2 aromatic carbocycles. The monoisotopic (exact) mass is 456 g/mol. The van der Waals surface area contributed by atoms with Crippen LogP contribution in [0.2, 0.25) is 5.02 Å². The van der Waals surface area contributed by atoms with Gasteiger partial charge in [-0.25, -0.2) is 4.68 Å². The number of hydrogen-bond acceptors (Lipinski definition) is 3. The number of hydrogen-bond donors (Lipinski definition) is 2. The largest absolute Gasteiger partial charge is 0.346 e. The molecule has 0 saturated carbocycles. The Morgan fingerprint density at radius 3 is 2.29 bits per heavy atom. The zero-order chi connectivity index (χ0) is 21.9. The Hall–Kier alpha value is -2.78. The molecule has 5 nitrogen and oxygen atoms in total. The number of carbonyl (C=O) groups excluding carboxylic acids is 1. The number of carbonyl (C=O) groups is 1. The minimum atomic E-state index is -0.364. The molecule has 31 heavy (non-hydrogen) atoms. The van der Waals surface area contributed by atoms with Crippen LogP contribution in [0.4, 0.5) is 0 Å². The molecule has 0 atom stereocenters. The van der Waals surface area contributed by atoms with Gasteiger partial charge in [-0.15, -0.1) is 12.4 Å². The van der Waals surface area contributed by atoms with Crippen LogP contribution >= 0.6 is 24.0 Å². The van der Waals surface area contributed by atoms with Crippen LogP contribution < -0.4 is 11.1 Å². The van der Waals surface area contributed by atoms with Crippen molar-refractivity contribution < 1.29 is 4.79 Å². The fourth-order valence-electron chi connectivity index (χ4n) is 3.08. The standard InChI is InChI=1S/C24H25ClN4O.ClH/c1-16-21(23(30)27-24(2,3)4)28-29(22(16)18-9-11-19(25)12-10-18)20-13-7-17(8-14-20)6-5-15-26;/h7-14H,15,26H2,1-4H3,(H,27,30);1H. The lowest BCUT2D eigenvalue weighted by Crippen LogP contribution is -2.41. The molecule has 7 heteroatoms. The molecule has 0 bridgehead atoms. The fourth-order valence-corrected chi connectivity index (χ4v) is 3.21. The van der Waals surface area contributed by atoms with Gasteiger partial charge in [-0.05, 0) is 64.1 Å². The average Bonchev–Trinajstić information content (AvgIpc) is 3.03. The maximum absolute atomic E-state index is 12.9. The van der Waals surface area contributed by atoms with E-state index in [0.717, 1.165) is 28.1 Å². The maximum atomic E-state index is 12.9. The predicted octanol–water partition coefficient (Wildman–Crippen LogP) is 4.76. The SMILES string of the molecule is Cc1c(C(=O)NC(C)(C)C)nn(-c2ccc(C#CCN)cc2)c1-c1ccc(Cl)cc1.Cl. The van der Waals surface area contributed by atoms with Gasteiger partial charge < -0.3 is 11.1 Å². The molecule has 0 aliphatic rings. The van der Waals surface area contributed by atoms with Crippen LogP contribution in [-0.4, -0.2) is 27.8 Å². The highest BCUT2D eigenvalue weighted by atomic mass is 35.5. The van der Waals surface area contributed by atoms with Crippen LogP contribution in [-0.2, 0) is 0 Å². The van der Waals surface area contributed by atoms with E-state index in [0.29, 0.717) is 17.3 Å². The molecule has 1 amide bonds. The molecular weight excluding hydrogens is 431 g/mol. The molecule has 0 saturated heterocycles. The Bertz CT molecular complexity index is 1120. The first-order valence-corrected chi connectivity index (χ1v) is 10.0. The molecule has 162 valence electrons. The van der Waals surface area contributed by atoms with Crippen molar-refractivity contribution in [2.45, 2.75) is 33.2 Å². The summed E-state index contributed by atoms with van der Waals surface area (Å²) in [6.07, 6.45) is 0. The van der Waals surface area contributed by atoms with E-state index in [-0.39, 0.29) is 23.9 Å². The lowest BCUT2D eigenvalue weighted by atomic mass is 10.0. The average molecular weight is 457 g/mol. The highest BCUT2D eigenvalue weighted by Gasteiger charge is 2.24. The number of aromatic nitrogens is 2. The van der Waals surface area contributed by atoms with Crippen molar-refractivity contribution in [2.75, 3.05) is 6.54 Å². The van der Waals surface area contributed by atoms with Crippen molar-refractivity contribution in [2.24, 2.45) is 5.73 Å². The second-order valence-electron chi connectivity index (χ2n) is 8.00. The van der Waals surface area contributed by atoms with Crippen molar-refractivity contribution in [1.82, 2.24) is 15.1 Å². The summed E-state index contributed by atoms with van der Waals surface area (Å²) < 4.78 is 1.79. The number of halogens is 2. The van der Waals surface area contributed by atoms with Crippen molar-refractivity contribution in [3.05, 3.63) is 70.4 Å². The van der Waals surface area contributed by atoms with E-state index in [2.05, 4.69) is 22.3 Å². The second kappa shape index (κ2) is 10.0. The highest BCUT2D eigenvalue weighted by molar-refractivity contribution is 6.30. The second-order valence-corrected chi connectivity index (χ2v) is 8.43. The summed E-state index contributed by atoms with van der Waals surface area (Å²) in [6.45, 7) is 8.05. The first-order chi connectivity index (χ1) is 14.2. The van der Waals surface area contributed by atoms with Crippen molar-refractivity contribution >= 4 is 29.9 Å². The van der Waals surface area contributed by atoms with Crippen LogP contribution in [0.15, 0.2) is 48.5 Å². The van der Waals surface area contributed by atoms with Gasteiger partial charge in [0.25, 0.3) is 5.91 Å². The zero-order valence-electron chi connectivity index (χ0n) is 18.0. The van der Waals surface area contributed by atoms with Crippen molar-refractivity contribution in [1.29, 1.82) is 0 Å². The molecule has 0 spiro atoms. The number of nitrogens with one attached hydrogen (secondary N) is 1. The van der Waals surface area contributed by atoms with E-state index in [4.69, 9.17) is 17.3 Å². The van der Waals surface area contributed by atoms with E-state index in [1.54, 1.807) is 4.68 Å². The molecule has 0 aliphatic heterocycles. The van der Waals surface area contributed by atoms with Gasteiger partial charge in [-0.2, -0.15) is 5.10 Å². The predicted molar refractivity (Wildman–Crippen MR) is 129 cm³/mol. The van der Waals surface area contributed by atoms with Crippen LogP contribution in [0.1, 0.15) is 42.4 Å². The Labute approximate surface area is 194 Å². The minimum Gasteiger partial charge on any atom is -0.346 e. The normalized spacial score (nSPS) is 10.6. The summed E-state index contributed by atoms with van der Waals surface area (Å²) in [6, 6.07) is 15.2. The quantitative estimate of drug-likeness (QED) is 0.557. The first-order valence-electron chi connectivity index (χ1n) is 9.67. The Morgan fingerprint density at radius 1 is 1.13 bits per heavy atom. The van der Waals surface area contributed by atoms with Crippen LogP contribution in [0.5, 0.6) is 0 Å². The summed E-state index contributed by atoms with van der Waals surface area (Å²) in [5.41, 5.74) is 9.73. The van der Waals surface area contributed by atoms with Gasteiger partial charge in [0.1, 0.15) is 0 Å². The van der Waals surface area contributed by atoms with Gasteiger partial charge >= 0.3 is 0 Å². The third-order valence-electron chi connectivity index (χ3n) is 4.39. The third kappa shape index (κ3) is 5.89. The van der Waals surface area contributed by atoms with E-state index in [9.17, 15) is 4.79 Å². The van der Waals surface area contributed by atoms with Crippen LogP contribution in [0.3, 0.4) is 0 Å². The Balaban J connectivity index is 0.00000341. The molecule has 3 rings (SSSR count). The molecular formula is C24H26Cl2N4O. The molecule has 3 N–H and O–H groups in total. The Morgan fingerprint density at radius 2 is 1.74 bits per heavy atom. The van der Waals surface area contributed by atoms with Crippen molar-refractivity contribution in [3.8, 4) is 28.8 Å². The summed E-state index contributed by atoms with van der Waals surface area (Å²) in [5, 5.41) is 8.31. The fraction of sp³-hybridized carbons (Fsp3) is 0.250. The molecule has 0 aliphatic carbocycles. The summed E-state index contributed by atoms with van der Waals surface area (Å²) in [4.78, 5) is 12.9. The summed E-state index contributed by atoms with van der Waals surface area (Å²) in [7, 11) is 0. The Kier molecular flexibility index (Phi) is 7.91. The molecule has 1 aromatic heterocycles. The number of amides is 1. The number of rotatable bonds is 3. The van der Waals surface area contributed by atoms with E-state index < -0.39 is 0 Å². The van der Waals surface area contributed by atoms with E-state index in [1.165, 1.54) is 0 Å². The van der Waals surface area contributed by atoms with Crippen LogP contribution in [0.25, 0.3) is 16.9 Å². The lowest BCUT2D eigenvalue weighted by Gasteiger charge is -2.19. The smallest absolute Gasteiger partial charge is 0.272 e. The van der Waals surface area contributed by atoms with Gasteiger partial charge in [0.15, 0.2) is 5.69 Å². The zero-order valence-corrected chi connectivity index (χ0v) is 19.6. The van der Waals surface area contributed by atoms with Gasteiger partial charge in [0.2, 0.25) is 0 Å². The molecule has 0 unspecified atom stereocenters. The maximum Gasteiger partial charge on any atom is 0.272 e. The summed E-state index contributed by atoms with van der Waals surface area (Å²) >= 11 is 6.07. The van der Waals surface area contributed by atoms with E-state index >= 15 is 0 Å². The molecule has 1 heterocycles. The van der Waals surface area contributed by atoms with Crippen molar-refractivity contribution in [3.63, 3.8) is 0 Å². The topological polar surface area (TPSA) is 72.9 Å². The molecule has 0 radical (unpaired) electrons. The van der Waals surface area contributed by atoms with Crippen LogP contribution in [0, 0.1) is 18.8 Å². The molecule has 0 fully saturated rings. The number of nitrogens with zero attached hydrogens (tertiary/aromatic N) is 2. The summed E-state index contributed by atoms with van der Waals surface area (Å²) in [5.74, 6) is 5.65. The molecule has 3 aromatic rings. The number of nitrogens with two attached hydrogens (primary N) is 1. The van der Waals surface area contributed by atoms with Gasteiger partial charge in [-0.1, -0.05) is 35.6 Å². The van der Waals surface area contributed by atoms with Gasteiger partial charge in [-0.3, -0.25) is 4.79 Å². The highest BCUT2D eigenvalue weighted by Crippen LogP contribution is 2.30. The first kappa shape index (κ1) is 24.5. The van der Waals surface area contributed by atoms with Gasteiger partial charge in [0.05, 0.1) is 17.9 Å². The lowest BCUT2D eigenvalue weighted by molar-refractivity contribution is 0.0913. The number of benzene rings is 2. The van der Waals surface area contributed by atoms with Gasteiger partial charge in [0, 0.05) is 27.3 Å². The third-order valence-corrected chi connectivity index (χ3v) is 4.64. The minimum absolute atomic E-state index is 0. The van der Waals surface area contributed by atoms with E-state index in [1.807, 2.05) is 76.2 Å².